The zero-order valence-corrected chi connectivity index (χ0v) is 10.9. The highest BCUT2D eigenvalue weighted by atomic mass is 32.2. The van der Waals surface area contributed by atoms with Crippen molar-refractivity contribution in [1.82, 2.24) is 10.1 Å². The Hall–Kier alpha value is -1.89. The average Bonchev–Trinajstić information content (AvgIpc) is 2.67. The smallest absolute Gasteiger partial charge is 0.258 e. The summed E-state index contributed by atoms with van der Waals surface area (Å²) in [5, 5.41) is 3.64. The molecule has 0 saturated carbocycles. The molecule has 0 bridgehead atoms. The standard InChI is InChI=1S/C11H13N3O3S/c1-7-3-4-8(12)5-9(7)11-13-10(14-17-11)6-18(2,15)16/h3-5H,6,12H2,1-2H3. The van der Waals surface area contributed by atoms with Gasteiger partial charge in [0.25, 0.3) is 5.89 Å². The molecule has 0 atom stereocenters. The van der Waals surface area contributed by atoms with Crippen molar-refractivity contribution in [3.63, 3.8) is 0 Å². The van der Waals surface area contributed by atoms with Crippen LogP contribution in [0.5, 0.6) is 0 Å². The molecule has 0 saturated heterocycles. The zero-order chi connectivity index (χ0) is 13.3. The Balaban J connectivity index is 2.38. The minimum absolute atomic E-state index is 0.148. The zero-order valence-electron chi connectivity index (χ0n) is 10.0. The Morgan fingerprint density at radius 3 is 2.78 bits per heavy atom. The van der Waals surface area contributed by atoms with Gasteiger partial charge in [0, 0.05) is 17.5 Å². The summed E-state index contributed by atoms with van der Waals surface area (Å²) in [6.07, 6.45) is 1.12. The lowest BCUT2D eigenvalue weighted by molar-refractivity contribution is 0.424. The van der Waals surface area contributed by atoms with Crippen molar-refractivity contribution in [1.29, 1.82) is 0 Å². The van der Waals surface area contributed by atoms with Crippen molar-refractivity contribution >= 4 is 15.5 Å². The van der Waals surface area contributed by atoms with E-state index in [2.05, 4.69) is 10.1 Å². The lowest BCUT2D eigenvalue weighted by Crippen LogP contribution is -2.02. The van der Waals surface area contributed by atoms with Gasteiger partial charge in [-0.15, -0.1) is 0 Å². The number of aryl methyl sites for hydroxylation is 1. The Morgan fingerprint density at radius 2 is 2.11 bits per heavy atom. The molecule has 6 nitrogen and oxygen atoms in total. The van der Waals surface area contributed by atoms with Crippen LogP contribution in [0.3, 0.4) is 0 Å². The van der Waals surface area contributed by atoms with Crippen LogP contribution in [-0.2, 0) is 15.6 Å². The maximum atomic E-state index is 11.1. The summed E-state index contributed by atoms with van der Waals surface area (Å²) in [6.45, 7) is 1.88. The third kappa shape index (κ3) is 2.86. The van der Waals surface area contributed by atoms with E-state index >= 15 is 0 Å². The van der Waals surface area contributed by atoms with Gasteiger partial charge in [-0.1, -0.05) is 11.2 Å². The highest BCUT2D eigenvalue weighted by Gasteiger charge is 2.14. The summed E-state index contributed by atoms with van der Waals surface area (Å²) in [6, 6.07) is 5.32. The molecule has 0 spiro atoms. The van der Waals surface area contributed by atoms with Crippen LogP contribution in [-0.4, -0.2) is 24.8 Å². The summed E-state index contributed by atoms with van der Waals surface area (Å²) in [5.74, 6) is 0.186. The summed E-state index contributed by atoms with van der Waals surface area (Å²) in [4.78, 5) is 4.06. The Morgan fingerprint density at radius 1 is 1.39 bits per heavy atom. The molecule has 1 aromatic carbocycles. The molecule has 0 amide bonds. The predicted octanol–water partition coefficient (Wildman–Crippen LogP) is 1.17. The summed E-state index contributed by atoms with van der Waals surface area (Å²) >= 11 is 0. The number of nitrogens with zero attached hydrogens (tertiary/aromatic N) is 2. The summed E-state index contributed by atoms with van der Waals surface area (Å²) in [5.41, 5.74) is 7.91. The van der Waals surface area contributed by atoms with E-state index < -0.39 is 9.84 Å². The van der Waals surface area contributed by atoms with E-state index in [1.165, 1.54) is 0 Å². The van der Waals surface area contributed by atoms with Crippen LogP contribution in [0.1, 0.15) is 11.4 Å². The van der Waals surface area contributed by atoms with Gasteiger partial charge >= 0.3 is 0 Å². The number of nitrogen functional groups attached to an aromatic ring is 1. The normalized spacial score (nSPS) is 11.7. The number of hydrogen-bond acceptors (Lipinski definition) is 6. The highest BCUT2D eigenvalue weighted by Crippen LogP contribution is 2.24. The van der Waals surface area contributed by atoms with Crippen LogP contribution < -0.4 is 5.73 Å². The van der Waals surface area contributed by atoms with Gasteiger partial charge in [0.1, 0.15) is 5.75 Å². The van der Waals surface area contributed by atoms with Crippen molar-refractivity contribution in [2.75, 3.05) is 12.0 Å². The number of rotatable bonds is 3. The molecule has 7 heteroatoms. The topological polar surface area (TPSA) is 99.1 Å². The van der Waals surface area contributed by atoms with Crippen molar-refractivity contribution in [3.05, 3.63) is 29.6 Å². The van der Waals surface area contributed by atoms with E-state index in [0.29, 0.717) is 11.3 Å². The monoisotopic (exact) mass is 267 g/mol. The average molecular weight is 267 g/mol. The fourth-order valence-corrected chi connectivity index (χ4v) is 2.11. The summed E-state index contributed by atoms with van der Waals surface area (Å²) < 4.78 is 27.3. The number of aromatic nitrogens is 2. The number of anilines is 1. The van der Waals surface area contributed by atoms with Gasteiger partial charge in [0.2, 0.25) is 0 Å². The van der Waals surface area contributed by atoms with Crippen LogP contribution >= 0.6 is 0 Å². The first-order valence-corrected chi connectivity index (χ1v) is 7.28. The molecule has 0 radical (unpaired) electrons. The van der Waals surface area contributed by atoms with Gasteiger partial charge in [-0.05, 0) is 24.6 Å². The van der Waals surface area contributed by atoms with Gasteiger partial charge < -0.3 is 10.3 Å². The van der Waals surface area contributed by atoms with E-state index in [1.807, 2.05) is 13.0 Å². The fraction of sp³-hybridized carbons (Fsp3) is 0.273. The van der Waals surface area contributed by atoms with Crippen molar-refractivity contribution in [3.8, 4) is 11.5 Å². The number of hydrogen-bond donors (Lipinski definition) is 1. The largest absolute Gasteiger partial charge is 0.399 e. The van der Waals surface area contributed by atoms with Crippen LogP contribution in [0.15, 0.2) is 22.7 Å². The van der Waals surface area contributed by atoms with Gasteiger partial charge in [-0.3, -0.25) is 0 Å². The third-order valence-corrected chi connectivity index (χ3v) is 3.13. The molecule has 2 rings (SSSR count). The third-order valence-electron chi connectivity index (χ3n) is 2.35. The maximum absolute atomic E-state index is 11.1. The molecule has 1 heterocycles. The molecule has 0 aliphatic rings. The Labute approximate surface area is 105 Å². The minimum Gasteiger partial charge on any atom is -0.399 e. The van der Waals surface area contributed by atoms with Crippen LogP contribution in [0.25, 0.3) is 11.5 Å². The predicted molar refractivity (Wildman–Crippen MR) is 67.4 cm³/mol. The molecular formula is C11H13N3O3S. The van der Waals surface area contributed by atoms with E-state index in [4.69, 9.17) is 10.3 Å². The van der Waals surface area contributed by atoms with Gasteiger partial charge in [0.05, 0.1) is 0 Å². The van der Waals surface area contributed by atoms with Crippen LogP contribution in [0.2, 0.25) is 0 Å². The Kier molecular flexibility index (Phi) is 3.08. The van der Waals surface area contributed by atoms with Crippen LogP contribution in [0.4, 0.5) is 5.69 Å². The van der Waals surface area contributed by atoms with Gasteiger partial charge in [-0.2, -0.15) is 4.98 Å². The van der Waals surface area contributed by atoms with Crippen molar-refractivity contribution in [2.45, 2.75) is 12.7 Å². The molecule has 0 aliphatic carbocycles. The molecule has 0 unspecified atom stereocenters. The molecule has 18 heavy (non-hydrogen) atoms. The second kappa shape index (κ2) is 4.41. The lowest BCUT2D eigenvalue weighted by Gasteiger charge is -2.01. The van der Waals surface area contributed by atoms with Gasteiger partial charge in [0.15, 0.2) is 15.7 Å². The first-order chi connectivity index (χ1) is 8.35. The second-order valence-corrected chi connectivity index (χ2v) is 6.30. The molecular weight excluding hydrogens is 254 g/mol. The van der Waals surface area contributed by atoms with E-state index in [0.717, 1.165) is 11.8 Å². The molecule has 1 aromatic heterocycles. The number of sulfone groups is 1. The molecule has 2 N–H and O–H groups in total. The van der Waals surface area contributed by atoms with Crippen molar-refractivity contribution < 1.29 is 12.9 Å². The van der Waals surface area contributed by atoms with Crippen molar-refractivity contribution in [2.24, 2.45) is 0 Å². The lowest BCUT2D eigenvalue weighted by atomic mass is 10.1. The number of nitrogens with two attached hydrogens (primary N) is 1. The second-order valence-electron chi connectivity index (χ2n) is 4.16. The summed E-state index contributed by atoms with van der Waals surface area (Å²) in [7, 11) is -3.17. The quantitative estimate of drug-likeness (QED) is 0.838. The van der Waals surface area contributed by atoms with Crippen LogP contribution in [0, 0.1) is 6.92 Å². The molecule has 0 fully saturated rings. The maximum Gasteiger partial charge on any atom is 0.258 e. The van der Waals surface area contributed by atoms with E-state index in [1.54, 1.807) is 12.1 Å². The van der Waals surface area contributed by atoms with E-state index in [-0.39, 0.29) is 17.5 Å². The SMILES string of the molecule is Cc1ccc(N)cc1-c1nc(CS(C)(=O)=O)no1. The highest BCUT2D eigenvalue weighted by molar-refractivity contribution is 7.89. The minimum atomic E-state index is -3.17. The van der Waals surface area contributed by atoms with E-state index in [9.17, 15) is 8.42 Å². The van der Waals surface area contributed by atoms with Gasteiger partial charge in [-0.25, -0.2) is 8.42 Å². The fourth-order valence-electron chi connectivity index (χ4n) is 1.53. The first kappa shape index (κ1) is 12.6. The Bertz CT molecular complexity index is 677. The molecule has 96 valence electrons. The first-order valence-electron chi connectivity index (χ1n) is 5.22. The number of benzene rings is 1. The molecule has 0 aliphatic heterocycles. The molecule has 2 aromatic rings.